The van der Waals surface area contributed by atoms with Gasteiger partial charge in [-0.1, -0.05) is 12.1 Å². The van der Waals surface area contributed by atoms with Crippen LogP contribution in [-0.4, -0.2) is 42.9 Å². The second-order valence-corrected chi connectivity index (χ2v) is 8.71. The molecule has 9 nitrogen and oxygen atoms in total. The number of primary amides is 1. The molecule has 2 aliphatic rings. The molecule has 0 bridgehead atoms. The van der Waals surface area contributed by atoms with Crippen LogP contribution < -0.4 is 20.7 Å². The summed E-state index contributed by atoms with van der Waals surface area (Å²) in [7, 11) is 0. The normalized spacial score (nSPS) is 16.7. The maximum Gasteiger partial charge on any atom is 0.308 e. The second-order valence-electron chi connectivity index (χ2n) is 7.60. The number of nitrogens with one attached hydrogen (secondary N) is 1. The molecule has 0 radical (unpaired) electrons. The standard InChI is InChI=1S/C22H23N3O6S/c1-12-22(29)25(14-6-2-3-7-15(14)31-12)10-9-18(27)30-11-17(26)24-21-19(20(23)28)13-5-4-8-16(13)32-21/h2-3,6-7,12H,4-5,8-11H2,1H3,(H2,23,28)(H,24,26). The van der Waals surface area contributed by atoms with E-state index in [0.29, 0.717) is 22.0 Å². The van der Waals surface area contributed by atoms with Crippen LogP contribution in [0.3, 0.4) is 0 Å². The molecule has 4 rings (SSSR count). The Morgan fingerprint density at radius 2 is 2.06 bits per heavy atom. The van der Waals surface area contributed by atoms with Gasteiger partial charge in [-0.2, -0.15) is 0 Å². The highest BCUT2D eigenvalue weighted by atomic mass is 32.1. The number of ether oxygens (including phenoxy) is 2. The lowest BCUT2D eigenvalue weighted by Gasteiger charge is -2.32. The number of amides is 3. The summed E-state index contributed by atoms with van der Waals surface area (Å²) in [5.74, 6) is -1.43. The molecule has 1 unspecified atom stereocenters. The lowest BCUT2D eigenvalue weighted by Crippen LogP contribution is -2.45. The van der Waals surface area contributed by atoms with Gasteiger partial charge in [-0.3, -0.25) is 19.2 Å². The molecule has 1 atom stereocenters. The maximum atomic E-state index is 12.5. The van der Waals surface area contributed by atoms with Crippen LogP contribution >= 0.6 is 11.3 Å². The van der Waals surface area contributed by atoms with E-state index in [0.717, 1.165) is 29.7 Å². The summed E-state index contributed by atoms with van der Waals surface area (Å²) in [6.07, 6.45) is 1.84. The molecule has 1 aromatic carbocycles. The number of carbonyl (C=O) groups is 4. The van der Waals surface area contributed by atoms with Crippen LogP contribution in [0.1, 0.15) is 40.6 Å². The Kier molecular flexibility index (Phi) is 6.13. The van der Waals surface area contributed by atoms with Gasteiger partial charge in [0.2, 0.25) is 0 Å². The molecule has 168 valence electrons. The van der Waals surface area contributed by atoms with Crippen molar-refractivity contribution in [2.24, 2.45) is 5.73 Å². The lowest BCUT2D eigenvalue weighted by atomic mass is 10.1. The number of rotatable bonds is 7. The van der Waals surface area contributed by atoms with Crippen LogP contribution in [0.5, 0.6) is 5.75 Å². The number of para-hydroxylation sites is 2. The summed E-state index contributed by atoms with van der Waals surface area (Å²) in [5, 5.41) is 3.02. The lowest BCUT2D eigenvalue weighted by molar-refractivity contribution is -0.147. The van der Waals surface area contributed by atoms with E-state index in [9.17, 15) is 19.2 Å². The van der Waals surface area contributed by atoms with Crippen LogP contribution in [0.4, 0.5) is 10.7 Å². The number of esters is 1. The van der Waals surface area contributed by atoms with E-state index in [1.165, 1.54) is 16.2 Å². The highest BCUT2D eigenvalue weighted by Crippen LogP contribution is 2.38. The number of fused-ring (bicyclic) bond motifs is 2. The molecule has 1 aliphatic carbocycles. The summed E-state index contributed by atoms with van der Waals surface area (Å²) < 4.78 is 10.6. The summed E-state index contributed by atoms with van der Waals surface area (Å²) in [6, 6.07) is 7.08. The smallest absolute Gasteiger partial charge is 0.308 e. The van der Waals surface area contributed by atoms with Crippen molar-refractivity contribution >= 4 is 45.7 Å². The number of hydrogen-bond acceptors (Lipinski definition) is 7. The first-order valence-corrected chi connectivity index (χ1v) is 11.1. The van der Waals surface area contributed by atoms with Gasteiger partial charge in [0, 0.05) is 11.4 Å². The van der Waals surface area contributed by atoms with Gasteiger partial charge < -0.3 is 25.4 Å². The third-order valence-corrected chi connectivity index (χ3v) is 6.61. The van der Waals surface area contributed by atoms with Gasteiger partial charge in [-0.25, -0.2) is 0 Å². The average Bonchev–Trinajstić information content (AvgIpc) is 3.33. The van der Waals surface area contributed by atoms with Gasteiger partial charge in [0.15, 0.2) is 12.7 Å². The molecule has 2 aromatic rings. The molecule has 1 aromatic heterocycles. The Balaban J connectivity index is 1.31. The minimum atomic E-state index is -0.654. The van der Waals surface area contributed by atoms with Crippen molar-refractivity contribution in [3.8, 4) is 5.75 Å². The van der Waals surface area contributed by atoms with Crippen molar-refractivity contribution in [1.29, 1.82) is 0 Å². The predicted octanol–water partition coefficient (Wildman–Crippen LogP) is 2.02. The maximum absolute atomic E-state index is 12.5. The molecular weight excluding hydrogens is 434 g/mol. The zero-order valence-electron chi connectivity index (χ0n) is 17.5. The largest absolute Gasteiger partial charge is 0.479 e. The monoisotopic (exact) mass is 457 g/mol. The Labute approximate surface area is 188 Å². The summed E-state index contributed by atoms with van der Waals surface area (Å²) in [5.41, 5.74) is 7.32. The zero-order chi connectivity index (χ0) is 22.8. The quantitative estimate of drug-likeness (QED) is 0.612. The molecule has 0 fully saturated rings. The molecule has 2 heterocycles. The van der Waals surface area contributed by atoms with Crippen LogP contribution in [0.15, 0.2) is 24.3 Å². The Morgan fingerprint density at radius 3 is 2.84 bits per heavy atom. The Hall–Kier alpha value is -3.40. The Bertz CT molecular complexity index is 1100. The molecule has 3 N–H and O–H groups in total. The molecule has 0 saturated carbocycles. The van der Waals surface area contributed by atoms with Crippen molar-refractivity contribution in [2.75, 3.05) is 23.4 Å². The van der Waals surface area contributed by atoms with Gasteiger partial charge in [-0.15, -0.1) is 11.3 Å². The van der Waals surface area contributed by atoms with Crippen LogP contribution in [0.25, 0.3) is 0 Å². The fraction of sp³-hybridized carbons (Fsp3) is 0.364. The van der Waals surface area contributed by atoms with E-state index >= 15 is 0 Å². The van der Waals surface area contributed by atoms with E-state index < -0.39 is 30.5 Å². The minimum Gasteiger partial charge on any atom is -0.479 e. The number of nitrogens with zero attached hydrogens (tertiary/aromatic N) is 1. The van der Waals surface area contributed by atoms with Crippen LogP contribution in [0.2, 0.25) is 0 Å². The van der Waals surface area contributed by atoms with E-state index in [-0.39, 0.29) is 18.9 Å². The summed E-state index contributed by atoms with van der Waals surface area (Å²) >= 11 is 1.33. The number of carbonyl (C=O) groups excluding carboxylic acids is 4. The molecular formula is C22H23N3O6S. The minimum absolute atomic E-state index is 0.0834. The second kappa shape index (κ2) is 8.99. The van der Waals surface area contributed by atoms with Crippen molar-refractivity contribution < 1.29 is 28.7 Å². The third-order valence-electron chi connectivity index (χ3n) is 5.40. The first kappa shape index (κ1) is 21.8. The molecule has 10 heteroatoms. The third kappa shape index (κ3) is 4.31. The van der Waals surface area contributed by atoms with Crippen molar-refractivity contribution in [3.05, 3.63) is 40.3 Å². The SMILES string of the molecule is CC1Oc2ccccc2N(CCC(=O)OCC(=O)Nc2sc3c(c2C(N)=O)CCC3)C1=O. The molecule has 32 heavy (non-hydrogen) atoms. The summed E-state index contributed by atoms with van der Waals surface area (Å²) in [6.45, 7) is 1.26. The highest BCUT2D eigenvalue weighted by molar-refractivity contribution is 7.17. The number of nitrogens with two attached hydrogens (primary N) is 1. The fourth-order valence-electron chi connectivity index (χ4n) is 3.93. The first-order chi connectivity index (χ1) is 15.3. The molecule has 0 spiro atoms. The number of thiophene rings is 1. The molecule has 0 saturated heterocycles. The van der Waals surface area contributed by atoms with E-state index in [1.54, 1.807) is 31.2 Å². The molecule has 1 aliphatic heterocycles. The number of hydrogen-bond donors (Lipinski definition) is 2. The van der Waals surface area contributed by atoms with Gasteiger partial charge in [0.05, 0.1) is 17.7 Å². The highest BCUT2D eigenvalue weighted by Gasteiger charge is 2.31. The van der Waals surface area contributed by atoms with Crippen LogP contribution in [0, 0.1) is 0 Å². The van der Waals surface area contributed by atoms with E-state index in [2.05, 4.69) is 5.32 Å². The zero-order valence-corrected chi connectivity index (χ0v) is 18.3. The number of aryl methyl sites for hydroxylation is 1. The predicted molar refractivity (Wildman–Crippen MR) is 118 cm³/mol. The molecule has 3 amide bonds. The van der Waals surface area contributed by atoms with Crippen molar-refractivity contribution in [3.63, 3.8) is 0 Å². The number of anilines is 2. The van der Waals surface area contributed by atoms with Gasteiger partial charge >= 0.3 is 5.97 Å². The van der Waals surface area contributed by atoms with Gasteiger partial charge in [-0.05, 0) is 43.9 Å². The van der Waals surface area contributed by atoms with E-state index in [1.807, 2.05) is 0 Å². The topological polar surface area (TPSA) is 128 Å². The van der Waals surface area contributed by atoms with Crippen molar-refractivity contribution in [2.45, 2.75) is 38.7 Å². The fourth-order valence-corrected chi connectivity index (χ4v) is 5.24. The Morgan fingerprint density at radius 1 is 1.28 bits per heavy atom. The number of benzene rings is 1. The van der Waals surface area contributed by atoms with Gasteiger partial charge in [0.25, 0.3) is 17.7 Å². The first-order valence-electron chi connectivity index (χ1n) is 10.3. The van der Waals surface area contributed by atoms with Crippen LogP contribution in [-0.2, 0) is 32.0 Å². The summed E-state index contributed by atoms with van der Waals surface area (Å²) in [4.78, 5) is 51.3. The van der Waals surface area contributed by atoms with Gasteiger partial charge in [0.1, 0.15) is 10.8 Å². The van der Waals surface area contributed by atoms with E-state index in [4.69, 9.17) is 15.2 Å². The average molecular weight is 458 g/mol. The van der Waals surface area contributed by atoms with Crippen molar-refractivity contribution in [1.82, 2.24) is 0 Å².